The molecule has 4 nitrogen and oxygen atoms in total. The van der Waals surface area contributed by atoms with Crippen LogP contribution >= 0.6 is 23.2 Å². The Morgan fingerprint density at radius 3 is 2.70 bits per heavy atom. The molecule has 118 valence electrons. The molecule has 0 N–H and O–H groups in total. The van der Waals surface area contributed by atoms with Crippen LogP contribution in [0.4, 0.5) is 10.2 Å². The Labute approximate surface area is 143 Å². The summed E-state index contributed by atoms with van der Waals surface area (Å²) in [5.74, 6) is 0.367. The minimum absolute atomic E-state index is 0.243. The fourth-order valence-electron chi connectivity index (χ4n) is 2.18. The van der Waals surface area contributed by atoms with E-state index in [1.54, 1.807) is 47.3 Å². The summed E-state index contributed by atoms with van der Waals surface area (Å²) in [6.45, 7) is 0.389. The van der Waals surface area contributed by atoms with Crippen molar-refractivity contribution in [2.75, 3.05) is 11.9 Å². The maximum absolute atomic E-state index is 13.7. The molecule has 23 heavy (non-hydrogen) atoms. The maximum atomic E-state index is 13.7. The molecule has 0 aliphatic carbocycles. The Morgan fingerprint density at radius 1 is 1.17 bits per heavy atom. The van der Waals surface area contributed by atoms with Gasteiger partial charge in [0.05, 0.1) is 16.9 Å². The molecule has 3 rings (SSSR count). The predicted molar refractivity (Wildman–Crippen MR) is 89.9 cm³/mol. The second-order valence-electron chi connectivity index (χ2n) is 5.06. The number of rotatable bonds is 4. The van der Waals surface area contributed by atoms with Crippen LogP contribution in [0.2, 0.25) is 10.0 Å². The largest absolute Gasteiger partial charge is 0.352 e. The number of benzene rings is 2. The van der Waals surface area contributed by atoms with Gasteiger partial charge in [-0.1, -0.05) is 46.6 Å². The van der Waals surface area contributed by atoms with E-state index >= 15 is 0 Å². The van der Waals surface area contributed by atoms with Crippen molar-refractivity contribution in [3.63, 3.8) is 0 Å². The first kappa shape index (κ1) is 15.8. The van der Waals surface area contributed by atoms with E-state index in [4.69, 9.17) is 23.2 Å². The van der Waals surface area contributed by atoms with E-state index in [1.165, 1.54) is 6.07 Å². The van der Waals surface area contributed by atoms with Crippen molar-refractivity contribution >= 4 is 29.0 Å². The summed E-state index contributed by atoms with van der Waals surface area (Å²) in [4.78, 5) is 1.81. The SMILES string of the molecule is CN(Cc1ccccc1F)c1cn(-c2ccc(Cl)cc2Cl)nn1. The first-order valence-corrected chi connectivity index (χ1v) is 7.62. The van der Waals surface area contributed by atoms with Crippen molar-refractivity contribution in [3.8, 4) is 5.69 Å². The molecule has 0 amide bonds. The van der Waals surface area contributed by atoms with Crippen LogP contribution < -0.4 is 4.90 Å². The molecule has 2 aromatic carbocycles. The molecular weight excluding hydrogens is 338 g/mol. The van der Waals surface area contributed by atoms with Gasteiger partial charge in [-0.2, -0.15) is 0 Å². The number of halogens is 3. The molecule has 0 unspecified atom stereocenters. The first-order chi connectivity index (χ1) is 11.0. The molecule has 0 aliphatic heterocycles. The summed E-state index contributed by atoms with van der Waals surface area (Å²) in [5.41, 5.74) is 1.27. The summed E-state index contributed by atoms with van der Waals surface area (Å²) < 4.78 is 15.3. The molecule has 0 saturated carbocycles. The van der Waals surface area contributed by atoms with Gasteiger partial charge in [-0.25, -0.2) is 9.07 Å². The van der Waals surface area contributed by atoms with Gasteiger partial charge in [0, 0.05) is 24.2 Å². The molecule has 0 atom stereocenters. The Kier molecular flexibility index (Phi) is 4.50. The topological polar surface area (TPSA) is 34.0 Å². The Bertz CT molecular complexity index is 834. The van der Waals surface area contributed by atoms with Crippen LogP contribution in [0.15, 0.2) is 48.7 Å². The number of aromatic nitrogens is 3. The average molecular weight is 351 g/mol. The first-order valence-electron chi connectivity index (χ1n) is 6.87. The molecule has 3 aromatic rings. The van der Waals surface area contributed by atoms with Gasteiger partial charge in [-0.15, -0.1) is 5.10 Å². The van der Waals surface area contributed by atoms with Gasteiger partial charge in [0.25, 0.3) is 0 Å². The van der Waals surface area contributed by atoms with Crippen LogP contribution in [0.3, 0.4) is 0 Å². The standard InChI is InChI=1S/C16H13Cl2FN4/c1-22(9-11-4-2-3-5-14(11)19)16-10-23(21-20-16)15-7-6-12(17)8-13(15)18/h2-8,10H,9H2,1H3. The van der Waals surface area contributed by atoms with Crippen molar-refractivity contribution < 1.29 is 4.39 Å². The van der Waals surface area contributed by atoms with Gasteiger partial charge in [-0.05, 0) is 24.3 Å². The predicted octanol–water partition coefficient (Wildman–Crippen LogP) is 4.35. The number of hydrogen-bond donors (Lipinski definition) is 0. The normalized spacial score (nSPS) is 10.8. The van der Waals surface area contributed by atoms with E-state index in [0.717, 1.165) is 0 Å². The molecule has 1 aromatic heterocycles. The molecule has 0 bridgehead atoms. The van der Waals surface area contributed by atoms with Gasteiger partial charge < -0.3 is 4.90 Å². The Morgan fingerprint density at radius 2 is 1.96 bits per heavy atom. The van der Waals surface area contributed by atoms with Crippen LogP contribution in [-0.4, -0.2) is 22.0 Å². The molecule has 0 radical (unpaired) electrons. The van der Waals surface area contributed by atoms with Crippen molar-refractivity contribution in [2.45, 2.75) is 6.54 Å². The highest BCUT2D eigenvalue weighted by Crippen LogP contribution is 2.25. The third kappa shape index (κ3) is 3.46. The molecule has 1 heterocycles. The highest BCUT2D eigenvalue weighted by Gasteiger charge is 2.12. The van der Waals surface area contributed by atoms with Crippen LogP contribution in [0, 0.1) is 5.82 Å². The highest BCUT2D eigenvalue weighted by atomic mass is 35.5. The zero-order valence-electron chi connectivity index (χ0n) is 12.2. The second kappa shape index (κ2) is 6.56. The second-order valence-corrected chi connectivity index (χ2v) is 5.91. The van der Waals surface area contributed by atoms with Crippen molar-refractivity contribution in [3.05, 3.63) is 70.1 Å². The zero-order valence-corrected chi connectivity index (χ0v) is 13.8. The fraction of sp³-hybridized carbons (Fsp3) is 0.125. The zero-order chi connectivity index (χ0) is 16.4. The third-order valence-electron chi connectivity index (χ3n) is 3.39. The minimum Gasteiger partial charge on any atom is -0.352 e. The van der Waals surface area contributed by atoms with E-state index in [1.807, 2.05) is 11.9 Å². The quantitative estimate of drug-likeness (QED) is 0.701. The van der Waals surface area contributed by atoms with Crippen molar-refractivity contribution in [1.82, 2.24) is 15.0 Å². The van der Waals surface area contributed by atoms with E-state index in [2.05, 4.69) is 10.3 Å². The van der Waals surface area contributed by atoms with E-state index < -0.39 is 0 Å². The lowest BCUT2D eigenvalue weighted by molar-refractivity contribution is 0.607. The molecule has 0 fully saturated rings. The van der Waals surface area contributed by atoms with Gasteiger partial charge >= 0.3 is 0 Å². The molecule has 0 saturated heterocycles. The molecule has 0 aliphatic rings. The van der Waals surface area contributed by atoms with Gasteiger partial charge in [0.1, 0.15) is 5.82 Å². The van der Waals surface area contributed by atoms with Crippen LogP contribution in [0.5, 0.6) is 0 Å². The van der Waals surface area contributed by atoms with Crippen molar-refractivity contribution in [1.29, 1.82) is 0 Å². The van der Waals surface area contributed by atoms with E-state index in [-0.39, 0.29) is 5.82 Å². The monoisotopic (exact) mass is 350 g/mol. The maximum Gasteiger partial charge on any atom is 0.171 e. The molecule has 0 spiro atoms. The Hall–Kier alpha value is -2.11. The minimum atomic E-state index is -0.243. The van der Waals surface area contributed by atoms with E-state index in [0.29, 0.717) is 33.7 Å². The number of hydrogen-bond acceptors (Lipinski definition) is 3. The summed E-state index contributed by atoms with van der Waals surface area (Å²) in [6.07, 6.45) is 1.73. The van der Waals surface area contributed by atoms with Gasteiger partial charge in [-0.3, -0.25) is 0 Å². The van der Waals surface area contributed by atoms with Crippen LogP contribution in [-0.2, 0) is 6.54 Å². The third-order valence-corrected chi connectivity index (χ3v) is 3.93. The Balaban J connectivity index is 1.82. The average Bonchev–Trinajstić information content (AvgIpc) is 2.99. The van der Waals surface area contributed by atoms with Crippen LogP contribution in [0.1, 0.15) is 5.56 Å². The summed E-state index contributed by atoms with van der Waals surface area (Å²) in [6, 6.07) is 11.8. The fourth-order valence-corrected chi connectivity index (χ4v) is 2.67. The lowest BCUT2D eigenvalue weighted by atomic mass is 10.2. The van der Waals surface area contributed by atoms with Gasteiger partial charge in [0.2, 0.25) is 0 Å². The highest BCUT2D eigenvalue weighted by molar-refractivity contribution is 6.35. The van der Waals surface area contributed by atoms with E-state index in [9.17, 15) is 4.39 Å². The van der Waals surface area contributed by atoms with Crippen molar-refractivity contribution in [2.24, 2.45) is 0 Å². The molecular formula is C16H13Cl2FN4. The summed E-state index contributed by atoms with van der Waals surface area (Å²) >= 11 is 12.1. The summed E-state index contributed by atoms with van der Waals surface area (Å²) in [5, 5.41) is 9.20. The lowest BCUT2D eigenvalue weighted by Gasteiger charge is -2.15. The molecule has 7 heteroatoms. The van der Waals surface area contributed by atoms with Gasteiger partial charge in [0.15, 0.2) is 5.82 Å². The lowest BCUT2D eigenvalue weighted by Crippen LogP contribution is -2.17. The number of anilines is 1. The van der Waals surface area contributed by atoms with Crippen LogP contribution in [0.25, 0.3) is 5.69 Å². The summed E-state index contributed by atoms with van der Waals surface area (Å²) in [7, 11) is 1.82. The number of nitrogens with zero attached hydrogens (tertiary/aromatic N) is 4. The smallest absolute Gasteiger partial charge is 0.171 e.